The molecule has 2 aromatic rings. The van der Waals surface area contributed by atoms with E-state index in [-0.39, 0.29) is 17.5 Å². The molecule has 0 unspecified atom stereocenters. The van der Waals surface area contributed by atoms with Gasteiger partial charge in [0.15, 0.2) is 0 Å². The molecule has 2 aliphatic rings. The fourth-order valence-corrected chi connectivity index (χ4v) is 4.82. The Balaban J connectivity index is 1.35. The second-order valence-corrected chi connectivity index (χ2v) is 7.72. The highest BCUT2D eigenvalue weighted by Gasteiger charge is 2.42. The number of para-hydroxylation sites is 1. The zero-order valence-electron chi connectivity index (χ0n) is 14.6. The molecule has 0 aliphatic heterocycles. The molecule has 2 aliphatic carbocycles. The molecule has 2 N–H and O–H groups in total. The van der Waals surface area contributed by atoms with Crippen LogP contribution in [0.1, 0.15) is 44.9 Å². The molecule has 4 rings (SSSR count). The molecule has 1 aromatic carbocycles. The molecule has 25 heavy (non-hydrogen) atoms. The largest absolute Gasteiger partial charge is 0.353 e. The number of benzene rings is 1. The molecule has 1 heterocycles. The standard InChI is InChI=1S/C20H25N3O2/c1-12(16-11-13-6-7-14(16)10-13)21-19(24)9-8-18-22-17-5-3-2-4-15(17)20(25)23-18/h2-5,12-14,16H,6-11H2,1H3,(H,21,24)(H,22,23,25)/t12-,13+,14+,16-/m1/s1. The number of aromatic amines is 1. The number of H-pyrrole nitrogens is 1. The van der Waals surface area contributed by atoms with Crippen molar-refractivity contribution >= 4 is 16.8 Å². The van der Waals surface area contributed by atoms with Crippen molar-refractivity contribution in [1.82, 2.24) is 15.3 Å². The van der Waals surface area contributed by atoms with Crippen LogP contribution < -0.4 is 10.9 Å². The normalized spacial score (nSPS) is 26.0. The lowest BCUT2D eigenvalue weighted by atomic mass is 9.84. The van der Waals surface area contributed by atoms with Crippen molar-refractivity contribution in [3.05, 3.63) is 40.4 Å². The van der Waals surface area contributed by atoms with Gasteiger partial charge >= 0.3 is 0 Å². The molecular weight excluding hydrogens is 314 g/mol. The topological polar surface area (TPSA) is 74.8 Å². The van der Waals surface area contributed by atoms with E-state index in [1.165, 1.54) is 25.7 Å². The van der Waals surface area contributed by atoms with E-state index in [2.05, 4.69) is 22.2 Å². The van der Waals surface area contributed by atoms with E-state index in [0.717, 1.165) is 11.8 Å². The van der Waals surface area contributed by atoms with Crippen LogP contribution in [0.5, 0.6) is 0 Å². The molecule has 132 valence electrons. The predicted molar refractivity (Wildman–Crippen MR) is 97.2 cm³/mol. The van der Waals surface area contributed by atoms with E-state index >= 15 is 0 Å². The number of nitrogens with zero attached hydrogens (tertiary/aromatic N) is 1. The van der Waals surface area contributed by atoms with Crippen LogP contribution >= 0.6 is 0 Å². The van der Waals surface area contributed by atoms with E-state index < -0.39 is 0 Å². The highest BCUT2D eigenvalue weighted by molar-refractivity contribution is 5.78. The van der Waals surface area contributed by atoms with Gasteiger partial charge in [-0.15, -0.1) is 0 Å². The summed E-state index contributed by atoms with van der Waals surface area (Å²) < 4.78 is 0. The van der Waals surface area contributed by atoms with Gasteiger partial charge in [0.05, 0.1) is 10.9 Å². The number of carbonyl (C=O) groups is 1. The third-order valence-corrected chi connectivity index (χ3v) is 6.07. The molecular formula is C20H25N3O2. The summed E-state index contributed by atoms with van der Waals surface area (Å²) in [7, 11) is 0. The maximum atomic E-state index is 12.3. The number of aryl methyl sites for hydroxylation is 1. The molecule has 0 saturated heterocycles. The zero-order chi connectivity index (χ0) is 17.4. The Morgan fingerprint density at radius 2 is 2.16 bits per heavy atom. The third kappa shape index (κ3) is 3.32. The van der Waals surface area contributed by atoms with Crippen LogP contribution in [0.3, 0.4) is 0 Å². The molecule has 2 bridgehead atoms. The monoisotopic (exact) mass is 339 g/mol. The fraction of sp³-hybridized carbons (Fsp3) is 0.550. The fourth-order valence-electron chi connectivity index (χ4n) is 4.82. The predicted octanol–water partition coefficient (Wildman–Crippen LogP) is 2.80. The molecule has 2 fully saturated rings. The van der Waals surface area contributed by atoms with Crippen molar-refractivity contribution in [1.29, 1.82) is 0 Å². The lowest BCUT2D eigenvalue weighted by Gasteiger charge is -2.28. The van der Waals surface area contributed by atoms with Gasteiger partial charge in [-0.3, -0.25) is 9.59 Å². The summed E-state index contributed by atoms with van der Waals surface area (Å²) >= 11 is 0. The van der Waals surface area contributed by atoms with Gasteiger partial charge in [0.25, 0.3) is 5.56 Å². The van der Waals surface area contributed by atoms with E-state index in [1.54, 1.807) is 6.07 Å². The number of rotatable bonds is 5. The van der Waals surface area contributed by atoms with Gasteiger partial charge in [0.2, 0.25) is 5.91 Å². The SMILES string of the molecule is C[C@@H](NC(=O)CCc1nc2ccccc2c(=O)[nH]1)[C@H]1C[C@H]2CC[C@H]1C2. The Hall–Kier alpha value is -2.17. The number of nitrogens with one attached hydrogen (secondary N) is 2. The molecule has 0 spiro atoms. The lowest BCUT2D eigenvalue weighted by molar-refractivity contribution is -0.122. The smallest absolute Gasteiger partial charge is 0.258 e. The number of hydrogen-bond acceptors (Lipinski definition) is 3. The van der Waals surface area contributed by atoms with Gasteiger partial charge in [-0.25, -0.2) is 4.98 Å². The van der Waals surface area contributed by atoms with Crippen LogP contribution in [0.4, 0.5) is 0 Å². The van der Waals surface area contributed by atoms with Crippen molar-refractivity contribution in [3.63, 3.8) is 0 Å². The molecule has 1 aromatic heterocycles. The Kier molecular flexibility index (Phi) is 4.32. The summed E-state index contributed by atoms with van der Waals surface area (Å²) in [6.45, 7) is 2.14. The lowest BCUT2D eigenvalue weighted by Crippen LogP contribution is -2.40. The Labute approximate surface area is 147 Å². The minimum atomic E-state index is -0.142. The molecule has 4 atom stereocenters. The summed E-state index contributed by atoms with van der Waals surface area (Å²) in [5.41, 5.74) is 0.536. The van der Waals surface area contributed by atoms with Gasteiger partial charge in [-0.2, -0.15) is 0 Å². The van der Waals surface area contributed by atoms with Crippen molar-refractivity contribution < 1.29 is 4.79 Å². The Bertz CT molecular complexity index is 844. The maximum Gasteiger partial charge on any atom is 0.258 e. The summed E-state index contributed by atoms with van der Waals surface area (Å²) in [4.78, 5) is 31.6. The summed E-state index contributed by atoms with van der Waals surface area (Å²) in [5.74, 6) is 2.96. The number of fused-ring (bicyclic) bond motifs is 3. The van der Waals surface area contributed by atoms with Crippen LogP contribution in [0, 0.1) is 17.8 Å². The van der Waals surface area contributed by atoms with E-state index in [9.17, 15) is 9.59 Å². The molecule has 0 radical (unpaired) electrons. The number of hydrogen-bond donors (Lipinski definition) is 2. The second kappa shape index (κ2) is 6.62. The van der Waals surface area contributed by atoms with Crippen molar-refractivity contribution in [2.45, 2.75) is 51.5 Å². The van der Waals surface area contributed by atoms with Crippen LogP contribution in [0.15, 0.2) is 29.1 Å². The van der Waals surface area contributed by atoms with Crippen LogP contribution in [0.25, 0.3) is 10.9 Å². The van der Waals surface area contributed by atoms with Crippen LogP contribution in [-0.2, 0) is 11.2 Å². The highest BCUT2D eigenvalue weighted by Crippen LogP contribution is 2.49. The molecule has 5 heteroatoms. The van der Waals surface area contributed by atoms with E-state index in [1.807, 2.05) is 18.2 Å². The molecule has 2 saturated carbocycles. The highest BCUT2D eigenvalue weighted by atomic mass is 16.1. The second-order valence-electron chi connectivity index (χ2n) is 7.72. The minimum Gasteiger partial charge on any atom is -0.353 e. The quantitative estimate of drug-likeness (QED) is 0.879. The van der Waals surface area contributed by atoms with Crippen molar-refractivity contribution in [2.24, 2.45) is 17.8 Å². The minimum absolute atomic E-state index is 0.0473. The van der Waals surface area contributed by atoms with Gasteiger partial charge in [0, 0.05) is 18.9 Å². The summed E-state index contributed by atoms with van der Waals surface area (Å²) in [6, 6.07) is 7.51. The number of carbonyl (C=O) groups excluding carboxylic acids is 1. The number of aromatic nitrogens is 2. The van der Waals surface area contributed by atoms with Crippen LogP contribution in [0.2, 0.25) is 0 Å². The average Bonchev–Trinajstić information content (AvgIpc) is 3.23. The third-order valence-electron chi connectivity index (χ3n) is 6.07. The van der Waals surface area contributed by atoms with Gasteiger partial charge in [-0.1, -0.05) is 18.6 Å². The van der Waals surface area contributed by atoms with Crippen molar-refractivity contribution in [3.8, 4) is 0 Å². The van der Waals surface area contributed by atoms with Gasteiger partial charge in [-0.05, 0) is 56.1 Å². The summed E-state index contributed by atoms with van der Waals surface area (Å²) in [6.07, 6.45) is 6.14. The first kappa shape index (κ1) is 16.3. The van der Waals surface area contributed by atoms with E-state index in [0.29, 0.717) is 35.5 Å². The average molecular weight is 339 g/mol. The van der Waals surface area contributed by atoms with Crippen LogP contribution in [-0.4, -0.2) is 21.9 Å². The number of amides is 1. The molecule has 5 nitrogen and oxygen atoms in total. The first-order valence-electron chi connectivity index (χ1n) is 9.37. The first-order valence-corrected chi connectivity index (χ1v) is 9.37. The zero-order valence-corrected chi connectivity index (χ0v) is 14.6. The molecule has 1 amide bonds. The Morgan fingerprint density at radius 1 is 1.32 bits per heavy atom. The van der Waals surface area contributed by atoms with Gasteiger partial charge in [0.1, 0.15) is 5.82 Å². The Morgan fingerprint density at radius 3 is 2.92 bits per heavy atom. The first-order chi connectivity index (χ1) is 12.1. The maximum absolute atomic E-state index is 12.3. The summed E-state index contributed by atoms with van der Waals surface area (Å²) in [5, 5.41) is 3.75. The van der Waals surface area contributed by atoms with E-state index in [4.69, 9.17) is 0 Å². The van der Waals surface area contributed by atoms with Crippen molar-refractivity contribution in [2.75, 3.05) is 0 Å². The van der Waals surface area contributed by atoms with Gasteiger partial charge < -0.3 is 10.3 Å².